The molecule has 0 amide bonds. The number of nitrogens with one attached hydrogen (secondary N) is 1. The quantitative estimate of drug-likeness (QED) is 0.805. The first-order chi connectivity index (χ1) is 6.72. The van der Waals surface area contributed by atoms with Crippen molar-refractivity contribution in [2.24, 2.45) is 0 Å². The summed E-state index contributed by atoms with van der Waals surface area (Å²) in [6.07, 6.45) is 1.01. The lowest BCUT2D eigenvalue weighted by molar-refractivity contribution is 0.363. The van der Waals surface area contributed by atoms with E-state index in [1.54, 1.807) is 12.1 Å². The van der Waals surface area contributed by atoms with Crippen molar-refractivity contribution in [3.05, 3.63) is 27.7 Å². The molecule has 0 radical (unpaired) electrons. The molecular formula is C10H9BrN2O. The summed E-state index contributed by atoms with van der Waals surface area (Å²) in [4.78, 5) is 0. The van der Waals surface area contributed by atoms with E-state index in [1.165, 1.54) is 0 Å². The lowest BCUT2D eigenvalue weighted by Crippen LogP contribution is -2.35. The summed E-state index contributed by atoms with van der Waals surface area (Å²) < 4.78 is 0.584. The first-order valence-corrected chi connectivity index (χ1v) is 5.17. The van der Waals surface area contributed by atoms with Gasteiger partial charge >= 0.3 is 0 Å². The smallest absolute Gasteiger partial charge is 0.134 e. The molecule has 3 nitrogen and oxygen atoms in total. The molecule has 4 heteroatoms. The third-order valence-electron chi connectivity index (χ3n) is 2.42. The normalized spacial score (nSPS) is 19.9. The zero-order chi connectivity index (χ0) is 10.1. The molecule has 72 valence electrons. The van der Waals surface area contributed by atoms with Crippen molar-refractivity contribution in [3.8, 4) is 11.8 Å². The molecule has 2 rings (SSSR count). The molecule has 1 aromatic carbocycles. The maximum absolute atomic E-state index is 9.76. The van der Waals surface area contributed by atoms with E-state index >= 15 is 0 Å². The van der Waals surface area contributed by atoms with Crippen molar-refractivity contribution in [1.82, 2.24) is 5.32 Å². The van der Waals surface area contributed by atoms with E-state index in [1.807, 2.05) is 0 Å². The minimum absolute atomic E-state index is 0.194. The summed E-state index contributed by atoms with van der Waals surface area (Å²) in [5.41, 5.74) is 1.38. The molecule has 1 aliphatic heterocycles. The Kier molecular flexibility index (Phi) is 2.44. The van der Waals surface area contributed by atoms with Gasteiger partial charge in [-0.05, 0) is 41.0 Å². The SMILES string of the molecule is N#Cc1cc(Br)c(O)c([C@@H]2CCN2)c1. The van der Waals surface area contributed by atoms with Crippen molar-refractivity contribution in [2.45, 2.75) is 12.5 Å². The fourth-order valence-electron chi connectivity index (χ4n) is 1.50. The first-order valence-electron chi connectivity index (χ1n) is 4.38. The molecule has 0 saturated carbocycles. The van der Waals surface area contributed by atoms with Gasteiger partial charge in [-0.2, -0.15) is 5.26 Å². The van der Waals surface area contributed by atoms with Crippen LogP contribution in [-0.2, 0) is 0 Å². The van der Waals surface area contributed by atoms with Crippen LogP contribution < -0.4 is 5.32 Å². The van der Waals surface area contributed by atoms with Gasteiger partial charge in [0.2, 0.25) is 0 Å². The van der Waals surface area contributed by atoms with Crippen LogP contribution >= 0.6 is 15.9 Å². The molecule has 1 atom stereocenters. The van der Waals surface area contributed by atoms with E-state index in [0.29, 0.717) is 10.0 Å². The van der Waals surface area contributed by atoms with Gasteiger partial charge < -0.3 is 10.4 Å². The van der Waals surface area contributed by atoms with Crippen LogP contribution in [0.2, 0.25) is 0 Å². The molecule has 1 aliphatic rings. The number of hydrogen-bond acceptors (Lipinski definition) is 3. The number of aromatic hydroxyl groups is 1. The Morgan fingerprint density at radius 1 is 1.57 bits per heavy atom. The monoisotopic (exact) mass is 252 g/mol. The summed E-state index contributed by atoms with van der Waals surface area (Å²) >= 11 is 3.23. The van der Waals surface area contributed by atoms with Crippen molar-refractivity contribution in [2.75, 3.05) is 6.54 Å². The van der Waals surface area contributed by atoms with Crippen LogP contribution in [0.5, 0.6) is 5.75 Å². The van der Waals surface area contributed by atoms with Crippen LogP contribution in [0.3, 0.4) is 0 Å². The molecule has 0 unspecified atom stereocenters. The molecule has 1 fully saturated rings. The lowest BCUT2D eigenvalue weighted by atomic mass is 9.96. The number of halogens is 1. The summed E-state index contributed by atoms with van der Waals surface area (Å²) in [6.45, 7) is 0.971. The highest BCUT2D eigenvalue weighted by Gasteiger charge is 2.23. The summed E-state index contributed by atoms with van der Waals surface area (Å²) in [7, 11) is 0. The third-order valence-corrected chi connectivity index (χ3v) is 3.03. The number of rotatable bonds is 1. The Bertz CT molecular complexity index is 407. The van der Waals surface area contributed by atoms with E-state index < -0.39 is 0 Å². The van der Waals surface area contributed by atoms with Crippen molar-refractivity contribution < 1.29 is 5.11 Å². The molecule has 0 bridgehead atoms. The Labute approximate surface area is 90.5 Å². The van der Waals surface area contributed by atoms with Crippen LogP contribution in [0.1, 0.15) is 23.6 Å². The van der Waals surface area contributed by atoms with E-state index in [2.05, 4.69) is 27.3 Å². The Balaban J connectivity index is 2.47. The van der Waals surface area contributed by atoms with Crippen LogP contribution in [-0.4, -0.2) is 11.7 Å². The number of nitrogens with zero attached hydrogens (tertiary/aromatic N) is 1. The van der Waals surface area contributed by atoms with Crippen LogP contribution in [0.25, 0.3) is 0 Å². The molecule has 1 heterocycles. The number of nitriles is 1. The van der Waals surface area contributed by atoms with Gasteiger partial charge in [0.1, 0.15) is 5.75 Å². The van der Waals surface area contributed by atoms with Gasteiger partial charge in [0.15, 0.2) is 0 Å². The summed E-state index contributed by atoms with van der Waals surface area (Å²) in [6, 6.07) is 5.62. The molecule has 14 heavy (non-hydrogen) atoms. The molecule has 0 spiro atoms. The fourth-order valence-corrected chi connectivity index (χ4v) is 1.98. The largest absolute Gasteiger partial charge is 0.506 e. The highest BCUT2D eigenvalue weighted by Crippen LogP contribution is 2.36. The molecule has 0 aliphatic carbocycles. The third kappa shape index (κ3) is 1.49. The molecule has 1 saturated heterocycles. The number of hydrogen-bond donors (Lipinski definition) is 2. The lowest BCUT2D eigenvalue weighted by Gasteiger charge is -2.28. The van der Waals surface area contributed by atoms with E-state index in [9.17, 15) is 5.11 Å². The minimum Gasteiger partial charge on any atom is -0.506 e. The average Bonchev–Trinajstić information content (AvgIpc) is 2.09. The standard InChI is InChI=1S/C10H9BrN2O/c11-8-4-6(5-12)3-7(10(8)14)9-1-2-13-9/h3-4,9,13-14H,1-2H2/t9-/m0/s1. The number of phenolic OH excluding ortho intramolecular Hbond substituents is 1. The van der Waals surface area contributed by atoms with Gasteiger partial charge in [-0.3, -0.25) is 0 Å². The van der Waals surface area contributed by atoms with Crippen LogP contribution in [0.4, 0.5) is 0 Å². The zero-order valence-corrected chi connectivity index (χ0v) is 9.00. The van der Waals surface area contributed by atoms with Gasteiger partial charge in [0, 0.05) is 11.6 Å². The first kappa shape index (κ1) is 9.50. The Hall–Kier alpha value is -1.05. The maximum atomic E-state index is 9.76. The molecule has 2 N–H and O–H groups in total. The molecular weight excluding hydrogens is 244 g/mol. The minimum atomic E-state index is 0.194. The number of phenols is 1. The second-order valence-corrected chi connectivity index (χ2v) is 4.16. The average molecular weight is 253 g/mol. The zero-order valence-electron chi connectivity index (χ0n) is 7.42. The Morgan fingerprint density at radius 2 is 2.29 bits per heavy atom. The van der Waals surface area contributed by atoms with Crippen molar-refractivity contribution >= 4 is 15.9 Å². The van der Waals surface area contributed by atoms with Gasteiger partial charge in [0.25, 0.3) is 0 Å². The van der Waals surface area contributed by atoms with Gasteiger partial charge in [0.05, 0.1) is 16.1 Å². The van der Waals surface area contributed by atoms with Crippen molar-refractivity contribution in [3.63, 3.8) is 0 Å². The highest BCUT2D eigenvalue weighted by molar-refractivity contribution is 9.10. The van der Waals surface area contributed by atoms with E-state index in [0.717, 1.165) is 18.5 Å². The molecule has 0 aromatic heterocycles. The topological polar surface area (TPSA) is 56.0 Å². The number of benzene rings is 1. The fraction of sp³-hybridized carbons (Fsp3) is 0.300. The maximum Gasteiger partial charge on any atom is 0.134 e. The second-order valence-electron chi connectivity index (χ2n) is 3.30. The predicted molar refractivity (Wildman–Crippen MR) is 55.9 cm³/mol. The Morgan fingerprint density at radius 3 is 2.79 bits per heavy atom. The predicted octanol–water partition coefficient (Wildman–Crippen LogP) is 2.06. The van der Waals surface area contributed by atoms with E-state index in [-0.39, 0.29) is 11.8 Å². The summed E-state index contributed by atoms with van der Waals surface area (Å²) in [5.74, 6) is 0.237. The van der Waals surface area contributed by atoms with Crippen molar-refractivity contribution in [1.29, 1.82) is 5.26 Å². The molecule has 1 aromatic rings. The van der Waals surface area contributed by atoms with Crippen LogP contribution in [0.15, 0.2) is 16.6 Å². The van der Waals surface area contributed by atoms with Gasteiger partial charge in [-0.1, -0.05) is 0 Å². The summed E-state index contributed by atoms with van der Waals surface area (Å²) in [5, 5.41) is 21.7. The highest BCUT2D eigenvalue weighted by atomic mass is 79.9. The van der Waals surface area contributed by atoms with E-state index in [4.69, 9.17) is 5.26 Å². The van der Waals surface area contributed by atoms with Gasteiger partial charge in [-0.25, -0.2) is 0 Å². The van der Waals surface area contributed by atoms with Gasteiger partial charge in [-0.15, -0.1) is 0 Å². The second kappa shape index (κ2) is 3.60. The van der Waals surface area contributed by atoms with Crippen LogP contribution in [0, 0.1) is 11.3 Å².